The Bertz CT molecular complexity index is 1010. The van der Waals surface area contributed by atoms with Gasteiger partial charge in [-0.25, -0.2) is 4.98 Å². The highest BCUT2D eigenvalue weighted by atomic mass is 35.5. The summed E-state index contributed by atoms with van der Waals surface area (Å²) in [4.78, 5) is 28.9. The highest BCUT2D eigenvalue weighted by molar-refractivity contribution is 6.31. The minimum Gasteiger partial charge on any atom is -0.324 e. The molecule has 3 aromatic rings. The molecule has 0 unspecified atom stereocenters. The van der Waals surface area contributed by atoms with Crippen molar-refractivity contribution in [2.75, 3.05) is 5.32 Å². The van der Waals surface area contributed by atoms with E-state index in [4.69, 9.17) is 11.6 Å². The molecule has 2 aromatic carbocycles. The fourth-order valence-electron chi connectivity index (χ4n) is 2.51. The first kappa shape index (κ1) is 17.9. The molecule has 1 aromatic heterocycles. The second kappa shape index (κ2) is 7.54. The molecule has 3 rings (SSSR count). The normalized spacial score (nSPS) is 10.6. The van der Waals surface area contributed by atoms with E-state index in [1.165, 1.54) is 17.0 Å². The van der Waals surface area contributed by atoms with Crippen molar-refractivity contribution in [3.05, 3.63) is 81.4 Å². The van der Waals surface area contributed by atoms with E-state index in [9.17, 15) is 9.59 Å². The summed E-state index contributed by atoms with van der Waals surface area (Å²) >= 11 is 6.05. The van der Waals surface area contributed by atoms with Gasteiger partial charge in [0, 0.05) is 22.3 Å². The average molecular weight is 368 g/mol. The van der Waals surface area contributed by atoms with Crippen molar-refractivity contribution in [2.45, 2.75) is 20.4 Å². The second-order valence-electron chi connectivity index (χ2n) is 6.07. The van der Waals surface area contributed by atoms with Crippen LogP contribution in [0.2, 0.25) is 5.02 Å². The third-order valence-electron chi connectivity index (χ3n) is 4.08. The van der Waals surface area contributed by atoms with E-state index in [2.05, 4.69) is 10.3 Å². The third kappa shape index (κ3) is 4.00. The molecule has 0 saturated heterocycles. The number of anilines is 1. The van der Waals surface area contributed by atoms with Crippen LogP contribution in [-0.2, 0) is 11.3 Å². The molecule has 0 bridgehead atoms. The summed E-state index contributed by atoms with van der Waals surface area (Å²) < 4.78 is 1.27. The molecular formula is C20H18ClN3O2. The Morgan fingerprint density at radius 3 is 2.58 bits per heavy atom. The van der Waals surface area contributed by atoms with Crippen LogP contribution in [0.15, 0.2) is 59.7 Å². The number of rotatable bonds is 4. The predicted molar refractivity (Wildman–Crippen MR) is 103 cm³/mol. The van der Waals surface area contributed by atoms with Crippen LogP contribution in [0.5, 0.6) is 0 Å². The Labute approximate surface area is 156 Å². The molecule has 5 nitrogen and oxygen atoms in total. The van der Waals surface area contributed by atoms with E-state index >= 15 is 0 Å². The predicted octanol–water partition coefficient (Wildman–Crippen LogP) is 3.82. The number of carbonyl (C=O) groups excluding carboxylic acids is 1. The van der Waals surface area contributed by atoms with Gasteiger partial charge < -0.3 is 5.32 Å². The molecular weight excluding hydrogens is 350 g/mol. The molecule has 0 spiro atoms. The highest BCUT2D eigenvalue weighted by Crippen LogP contribution is 2.22. The SMILES string of the molecule is Cc1ccc(-c2cc(=O)n(CC(=O)Nc3cccc(Cl)c3C)cn2)cc1. The highest BCUT2D eigenvalue weighted by Gasteiger charge is 2.09. The fourth-order valence-corrected chi connectivity index (χ4v) is 2.69. The van der Waals surface area contributed by atoms with E-state index in [1.807, 2.05) is 38.1 Å². The lowest BCUT2D eigenvalue weighted by Crippen LogP contribution is -2.27. The Kier molecular flexibility index (Phi) is 5.19. The zero-order valence-electron chi connectivity index (χ0n) is 14.5. The molecule has 0 atom stereocenters. The number of benzene rings is 2. The molecule has 0 fully saturated rings. The summed E-state index contributed by atoms with van der Waals surface area (Å²) in [5, 5.41) is 3.34. The lowest BCUT2D eigenvalue weighted by atomic mass is 10.1. The summed E-state index contributed by atoms with van der Waals surface area (Å²) in [6, 6.07) is 14.5. The Balaban J connectivity index is 1.76. The maximum absolute atomic E-state index is 12.3. The first-order chi connectivity index (χ1) is 12.4. The van der Waals surface area contributed by atoms with Gasteiger partial charge in [0.25, 0.3) is 5.56 Å². The number of hydrogen-bond donors (Lipinski definition) is 1. The van der Waals surface area contributed by atoms with E-state index in [-0.39, 0.29) is 18.0 Å². The summed E-state index contributed by atoms with van der Waals surface area (Å²) in [5.74, 6) is -0.317. The van der Waals surface area contributed by atoms with Gasteiger partial charge in [0.2, 0.25) is 5.91 Å². The van der Waals surface area contributed by atoms with Crippen LogP contribution in [0.1, 0.15) is 11.1 Å². The molecule has 132 valence electrons. The first-order valence-electron chi connectivity index (χ1n) is 8.12. The van der Waals surface area contributed by atoms with Gasteiger partial charge in [-0.05, 0) is 31.5 Å². The fraction of sp³-hybridized carbons (Fsp3) is 0.150. The maximum atomic E-state index is 12.3. The van der Waals surface area contributed by atoms with Crippen molar-refractivity contribution >= 4 is 23.2 Å². The number of halogens is 1. The zero-order valence-corrected chi connectivity index (χ0v) is 15.2. The van der Waals surface area contributed by atoms with Crippen molar-refractivity contribution in [1.29, 1.82) is 0 Å². The molecule has 26 heavy (non-hydrogen) atoms. The van der Waals surface area contributed by atoms with Crippen molar-refractivity contribution in [3.63, 3.8) is 0 Å². The molecule has 0 aliphatic carbocycles. The molecule has 0 aliphatic heterocycles. The summed E-state index contributed by atoms with van der Waals surface area (Å²) in [7, 11) is 0. The summed E-state index contributed by atoms with van der Waals surface area (Å²) in [5.41, 5.74) is 3.70. The number of aromatic nitrogens is 2. The third-order valence-corrected chi connectivity index (χ3v) is 4.49. The minimum absolute atomic E-state index is 0.119. The average Bonchev–Trinajstić information content (AvgIpc) is 2.61. The number of nitrogens with zero attached hydrogens (tertiary/aromatic N) is 2. The van der Waals surface area contributed by atoms with Crippen LogP contribution in [0.25, 0.3) is 11.3 Å². The molecule has 0 aliphatic rings. The first-order valence-corrected chi connectivity index (χ1v) is 8.50. The van der Waals surface area contributed by atoms with Crippen molar-refractivity contribution in [1.82, 2.24) is 9.55 Å². The summed E-state index contributed by atoms with van der Waals surface area (Å²) in [6.45, 7) is 3.70. The number of aryl methyl sites for hydroxylation is 1. The molecule has 0 radical (unpaired) electrons. The van der Waals surface area contributed by atoms with Crippen LogP contribution < -0.4 is 10.9 Å². The smallest absolute Gasteiger partial charge is 0.254 e. The van der Waals surface area contributed by atoms with Gasteiger partial charge in [-0.2, -0.15) is 0 Å². The van der Waals surface area contributed by atoms with Gasteiger partial charge in [0.1, 0.15) is 6.54 Å². The van der Waals surface area contributed by atoms with Gasteiger partial charge in [-0.1, -0.05) is 47.5 Å². The molecule has 1 amide bonds. The van der Waals surface area contributed by atoms with Crippen LogP contribution in [0, 0.1) is 13.8 Å². The van der Waals surface area contributed by atoms with Gasteiger partial charge >= 0.3 is 0 Å². The molecule has 1 N–H and O–H groups in total. The Hall–Kier alpha value is -2.92. The largest absolute Gasteiger partial charge is 0.324 e. The monoisotopic (exact) mass is 367 g/mol. The van der Waals surface area contributed by atoms with Crippen molar-refractivity contribution in [2.24, 2.45) is 0 Å². The maximum Gasteiger partial charge on any atom is 0.254 e. The molecule has 6 heteroatoms. The van der Waals surface area contributed by atoms with E-state index in [0.717, 1.165) is 16.7 Å². The number of hydrogen-bond acceptors (Lipinski definition) is 3. The van der Waals surface area contributed by atoms with Gasteiger partial charge in [-0.15, -0.1) is 0 Å². The van der Waals surface area contributed by atoms with Crippen LogP contribution in [-0.4, -0.2) is 15.5 Å². The molecule has 1 heterocycles. The van der Waals surface area contributed by atoms with E-state index < -0.39 is 0 Å². The quantitative estimate of drug-likeness (QED) is 0.762. The summed E-state index contributed by atoms with van der Waals surface area (Å²) in [6.07, 6.45) is 1.39. The van der Waals surface area contributed by atoms with Crippen LogP contribution in [0.4, 0.5) is 5.69 Å². The Morgan fingerprint density at radius 1 is 1.15 bits per heavy atom. The lowest BCUT2D eigenvalue weighted by Gasteiger charge is -2.10. The zero-order chi connectivity index (χ0) is 18.7. The Morgan fingerprint density at radius 2 is 1.88 bits per heavy atom. The topological polar surface area (TPSA) is 64.0 Å². The van der Waals surface area contributed by atoms with Gasteiger partial charge in [0.15, 0.2) is 0 Å². The number of carbonyl (C=O) groups is 1. The lowest BCUT2D eigenvalue weighted by molar-refractivity contribution is -0.116. The van der Waals surface area contributed by atoms with Crippen molar-refractivity contribution in [3.8, 4) is 11.3 Å². The van der Waals surface area contributed by atoms with Crippen LogP contribution >= 0.6 is 11.6 Å². The second-order valence-corrected chi connectivity index (χ2v) is 6.47. The molecule has 0 saturated carbocycles. The van der Waals surface area contributed by atoms with Crippen LogP contribution in [0.3, 0.4) is 0 Å². The number of amides is 1. The number of nitrogens with one attached hydrogen (secondary N) is 1. The van der Waals surface area contributed by atoms with E-state index in [0.29, 0.717) is 16.4 Å². The van der Waals surface area contributed by atoms with Crippen molar-refractivity contribution < 1.29 is 4.79 Å². The minimum atomic E-state index is -0.317. The standard InChI is InChI=1S/C20H18ClN3O2/c1-13-6-8-15(9-7-13)18-10-20(26)24(12-22-18)11-19(25)23-17-5-3-4-16(21)14(17)2/h3-10,12H,11H2,1-2H3,(H,23,25). The van der Waals surface area contributed by atoms with E-state index in [1.54, 1.807) is 18.2 Å². The van der Waals surface area contributed by atoms with Gasteiger partial charge in [0.05, 0.1) is 12.0 Å². The van der Waals surface area contributed by atoms with Gasteiger partial charge in [-0.3, -0.25) is 14.2 Å².